The molecule has 1 N–H and O–H groups in total. The molecule has 2 nitrogen and oxygen atoms in total. The third-order valence-corrected chi connectivity index (χ3v) is 4.10. The van der Waals surface area contributed by atoms with Crippen LogP contribution in [0.4, 0.5) is 0 Å². The first-order valence-corrected chi connectivity index (χ1v) is 7.07. The van der Waals surface area contributed by atoms with Gasteiger partial charge < -0.3 is 10.1 Å². The van der Waals surface area contributed by atoms with Crippen molar-refractivity contribution in [1.29, 1.82) is 0 Å². The van der Waals surface area contributed by atoms with Gasteiger partial charge in [-0.25, -0.2) is 0 Å². The molecule has 1 aromatic heterocycles. The van der Waals surface area contributed by atoms with Crippen LogP contribution in [0.5, 0.6) is 5.75 Å². The first kappa shape index (κ1) is 13.4. The summed E-state index contributed by atoms with van der Waals surface area (Å²) in [6.45, 7) is 3.99. The van der Waals surface area contributed by atoms with Crippen molar-refractivity contribution in [2.75, 3.05) is 13.7 Å². The van der Waals surface area contributed by atoms with E-state index in [9.17, 15) is 0 Å². The second kappa shape index (κ2) is 6.23. The van der Waals surface area contributed by atoms with E-state index in [2.05, 4.69) is 24.4 Å². The summed E-state index contributed by atoms with van der Waals surface area (Å²) in [6.07, 6.45) is 0. The van der Waals surface area contributed by atoms with Crippen molar-refractivity contribution in [3.05, 3.63) is 40.2 Å². The maximum Gasteiger partial charge on any atom is 0.119 e. The minimum atomic E-state index is 0.757. The summed E-state index contributed by atoms with van der Waals surface area (Å²) in [5.74, 6) is 0.830. The minimum absolute atomic E-state index is 0.757. The number of methoxy groups -OCH3 is 1. The zero-order valence-corrected chi connectivity index (χ0v) is 12.1. The summed E-state index contributed by atoms with van der Waals surface area (Å²) >= 11 is 7.99. The lowest BCUT2D eigenvalue weighted by molar-refractivity contribution is 0.415. The van der Waals surface area contributed by atoms with Crippen molar-refractivity contribution < 1.29 is 4.74 Å². The molecule has 0 aliphatic rings. The second-order valence-electron chi connectivity index (χ2n) is 3.89. The molecule has 18 heavy (non-hydrogen) atoms. The first-order chi connectivity index (χ1) is 8.74. The van der Waals surface area contributed by atoms with Crippen LogP contribution in [0.25, 0.3) is 10.4 Å². The molecule has 0 amide bonds. The highest BCUT2D eigenvalue weighted by Crippen LogP contribution is 2.35. The Hall–Kier alpha value is -1.03. The number of rotatable bonds is 5. The van der Waals surface area contributed by atoms with E-state index in [1.165, 1.54) is 9.75 Å². The van der Waals surface area contributed by atoms with Crippen LogP contribution >= 0.6 is 22.9 Å². The van der Waals surface area contributed by atoms with Gasteiger partial charge in [0, 0.05) is 26.9 Å². The Balaban J connectivity index is 2.27. The molecule has 0 aliphatic carbocycles. The predicted molar refractivity (Wildman–Crippen MR) is 78.7 cm³/mol. The fourth-order valence-electron chi connectivity index (χ4n) is 1.69. The molecule has 0 bridgehead atoms. The number of thiophene rings is 1. The Labute approximate surface area is 117 Å². The van der Waals surface area contributed by atoms with Gasteiger partial charge in [-0.3, -0.25) is 0 Å². The average Bonchev–Trinajstić information content (AvgIpc) is 2.85. The van der Waals surface area contributed by atoms with Crippen LogP contribution in [0.3, 0.4) is 0 Å². The van der Waals surface area contributed by atoms with E-state index in [-0.39, 0.29) is 0 Å². The van der Waals surface area contributed by atoms with Gasteiger partial charge in [0.2, 0.25) is 0 Å². The van der Waals surface area contributed by atoms with E-state index in [4.69, 9.17) is 16.3 Å². The molecule has 0 atom stereocenters. The molecular formula is C14H16ClNOS. The molecule has 0 aliphatic heterocycles. The predicted octanol–water partition coefficient (Wildman–Crippen LogP) is 4.19. The van der Waals surface area contributed by atoms with Crippen molar-refractivity contribution in [2.24, 2.45) is 0 Å². The maximum atomic E-state index is 6.24. The van der Waals surface area contributed by atoms with Crippen LogP contribution in [-0.2, 0) is 6.54 Å². The summed E-state index contributed by atoms with van der Waals surface area (Å²) in [4.78, 5) is 2.48. The maximum absolute atomic E-state index is 6.24. The van der Waals surface area contributed by atoms with Gasteiger partial charge in [0.15, 0.2) is 0 Å². The zero-order valence-electron chi connectivity index (χ0n) is 10.5. The van der Waals surface area contributed by atoms with Crippen LogP contribution in [0.2, 0.25) is 5.02 Å². The highest BCUT2D eigenvalue weighted by atomic mass is 35.5. The van der Waals surface area contributed by atoms with Crippen LogP contribution in [0.15, 0.2) is 30.3 Å². The van der Waals surface area contributed by atoms with Gasteiger partial charge >= 0.3 is 0 Å². The third-order valence-electron chi connectivity index (χ3n) is 2.65. The van der Waals surface area contributed by atoms with E-state index < -0.39 is 0 Å². The smallest absolute Gasteiger partial charge is 0.119 e. The lowest BCUT2D eigenvalue weighted by Crippen LogP contribution is -2.10. The Morgan fingerprint density at radius 2 is 2.11 bits per heavy atom. The fraction of sp³-hybridized carbons (Fsp3) is 0.286. The summed E-state index contributed by atoms with van der Waals surface area (Å²) in [7, 11) is 1.66. The van der Waals surface area contributed by atoms with Crippen molar-refractivity contribution in [3.63, 3.8) is 0 Å². The minimum Gasteiger partial charge on any atom is -0.497 e. The molecule has 0 saturated carbocycles. The van der Waals surface area contributed by atoms with E-state index >= 15 is 0 Å². The standard InChI is InChI=1S/C14H16ClNOS/c1-3-16-9-11-5-7-14(18-11)12-8-10(17-2)4-6-13(12)15/h4-8,16H,3,9H2,1-2H3. The van der Waals surface area contributed by atoms with Crippen molar-refractivity contribution in [2.45, 2.75) is 13.5 Å². The number of hydrogen-bond acceptors (Lipinski definition) is 3. The molecule has 1 aromatic carbocycles. The second-order valence-corrected chi connectivity index (χ2v) is 5.47. The molecule has 1 heterocycles. The van der Waals surface area contributed by atoms with Crippen LogP contribution in [0, 0.1) is 0 Å². The Kier molecular flexibility index (Phi) is 4.64. The Bertz CT molecular complexity index is 524. The molecule has 4 heteroatoms. The van der Waals surface area contributed by atoms with Crippen molar-refractivity contribution in [3.8, 4) is 16.2 Å². The molecule has 0 unspecified atom stereocenters. The van der Waals surface area contributed by atoms with Gasteiger partial charge in [0.05, 0.1) is 7.11 Å². The summed E-state index contributed by atoms with van der Waals surface area (Å²) in [5, 5.41) is 4.08. The highest BCUT2D eigenvalue weighted by molar-refractivity contribution is 7.15. The molecular weight excluding hydrogens is 266 g/mol. The van der Waals surface area contributed by atoms with Gasteiger partial charge in [-0.05, 0) is 36.9 Å². The normalized spacial score (nSPS) is 10.6. The molecule has 0 saturated heterocycles. The molecule has 2 rings (SSSR count). The topological polar surface area (TPSA) is 21.3 Å². The molecule has 0 fully saturated rings. The summed E-state index contributed by atoms with van der Waals surface area (Å²) in [5.41, 5.74) is 1.03. The molecule has 2 aromatic rings. The summed E-state index contributed by atoms with van der Waals surface area (Å²) < 4.78 is 5.24. The van der Waals surface area contributed by atoms with Gasteiger partial charge in [-0.15, -0.1) is 11.3 Å². The SMILES string of the molecule is CCNCc1ccc(-c2cc(OC)ccc2Cl)s1. The quantitative estimate of drug-likeness (QED) is 0.887. The van der Waals surface area contributed by atoms with E-state index in [0.717, 1.165) is 29.4 Å². The Morgan fingerprint density at radius 3 is 2.83 bits per heavy atom. The number of nitrogens with one attached hydrogen (secondary N) is 1. The lowest BCUT2D eigenvalue weighted by atomic mass is 10.2. The Morgan fingerprint density at radius 1 is 1.28 bits per heavy atom. The van der Waals surface area contributed by atoms with Gasteiger partial charge in [0.1, 0.15) is 5.75 Å². The van der Waals surface area contributed by atoms with E-state index in [1.54, 1.807) is 18.4 Å². The van der Waals surface area contributed by atoms with Gasteiger partial charge in [-0.2, -0.15) is 0 Å². The van der Waals surface area contributed by atoms with Gasteiger partial charge in [-0.1, -0.05) is 18.5 Å². The lowest BCUT2D eigenvalue weighted by Gasteiger charge is -2.05. The molecule has 96 valence electrons. The summed E-state index contributed by atoms with van der Waals surface area (Å²) in [6, 6.07) is 9.97. The van der Waals surface area contributed by atoms with E-state index in [1.807, 2.05) is 18.2 Å². The van der Waals surface area contributed by atoms with Crippen LogP contribution in [-0.4, -0.2) is 13.7 Å². The number of hydrogen-bond donors (Lipinski definition) is 1. The van der Waals surface area contributed by atoms with Crippen LogP contribution < -0.4 is 10.1 Å². The van der Waals surface area contributed by atoms with E-state index in [0.29, 0.717) is 0 Å². The van der Waals surface area contributed by atoms with Crippen molar-refractivity contribution >= 4 is 22.9 Å². The molecule has 0 spiro atoms. The third kappa shape index (κ3) is 3.05. The highest BCUT2D eigenvalue weighted by Gasteiger charge is 2.08. The number of ether oxygens (including phenoxy) is 1. The monoisotopic (exact) mass is 281 g/mol. The average molecular weight is 282 g/mol. The zero-order chi connectivity index (χ0) is 13.0. The van der Waals surface area contributed by atoms with Crippen molar-refractivity contribution in [1.82, 2.24) is 5.32 Å². The fourth-order valence-corrected chi connectivity index (χ4v) is 2.97. The largest absolute Gasteiger partial charge is 0.497 e. The number of halogens is 1. The van der Waals surface area contributed by atoms with Crippen LogP contribution in [0.1, 0.15) is 11.8 Å². The number of benzene rings is 1. The first-order valence-electron chi connectivity index (χ1n) is 5.88. The molecule has 0 radical (unpaired) electrons. The van der Waals surface area contributed by atoms with Gasteiger partial charge in [0.25, 0.3) is 0 Å².